The standard InChI is InChI=1S/C19H31N3O3S/c1-4-11-22-12-8-17(9-13-22)21-19(23)7-10-20-26(24,25)18-6-5-15(2)16(3)14-18/h5-6,14,17,20H,4,7-13H2,1-3H3,(H,21,23). The molecule has 0 aromatic heterocycles. The molecule has 0 spiro atoms. The van der Waals surface area contributed by atoms with Crippen LogP contribution in [0.5, 0.6) is 0 Å². The number of nitrogens with one attached hydrogen (secondary N) is 2. The molecule has 0 unspecified atom stereocenters. The molecule has 2 N–H and O–H groups in total. The van der Waals surface area contributed by atoms with E-state index in [0.717, 1.165) is 50.0 Å². The van der Waals surface area contributed by atoms with E-state index in [2.05, 4.69) is 21.9 Å². The molecule has 1 heterocycles. The summed E-state index contributed by atoms with van der Waals surface area (Å²) in [6, 6.07) is 5.24. The minimum Gasteiger partial charge on any atom is -0.353 e. The summed E-state index contributed by atoms with van der Waals surface area (Å²) in [6.45, 7) is 9.24. The van der Waals surface area contributed by atoms with Gasteiger partial charge in [0.15, 0.2) is 0 Å². The van der Waals surface area contributed by atoms with Gasteiger partial charge < -0.3 is 10.2 Å². The van der Waals surface area contributed by atoms with Gasteiger partial charge in [-0.05, 0) is 62.9 Å². The Hall–Kier alpha value is -1.44. The highest BCUT2D eigenvalue weighted by Crippen LogP contribution is 2.14. The van der Waals surface area contributed by atoms with Gasteiger partial charge in [-0.3, -0.25) is 4.79 Å². The van der Waals surface area contributed by atoms with Gasteiger partial charge in [0.05, 0.1) is 4.90 Å². The molecular formula is C19H31N3O3S. The summed E-state index contributed by atoms with van der Waals surface area (Å²) >= 11 is 0. The van der Waals surface area contributed by atoms with Crippen LogP contribution in [0.25, 0.3) is 0 Å². The Morgan fingerprint density at radius 2 is 1.88 bits per heavy atom. The number of benzene rings is 1. The second-order valence-corrected chi connectivity index (χ2v) is 8.84. The normalized spacial score (nSPS) is 16.6. The van der Waals surface area contributed by atoms with Crippen molar-refractivity contribution in [1.29, 1.82) is 0 Å². The van der Waals surface area contributed by atoms with Gasteiger partial charge in [0.25, 0.3) is 0 Å². The molecule has 1 aromatic rings. The third-order valence-electron chi connectivity index (χ3n) is 4.93. The fourth-order valence-corrected chi connectivity index (χ4v) is 4.30. The first kappa shape index (κ1) is 20.9. The largest absolute Gasteiger partial charge is 0.353 e. The molecule has 1 aromatic carbocycles. The molecule has 1 aliphatic heterocycles. The molecule has 7 heteroatoms. The molecule has 6 nitrogen and oxygen atoms in total. The van der Waals surface area contributed by atoms with Crippen LogP contribution >= 0.6 is 0 Å². The second kappa shape index (κ2) is 9.48. The van der Waals surface area contributed by atoms with Crippen molar-refractivity contribution in [1.82, 2.24) is 14.9 Å². The zero-order valence-corrected chi connectivity index (χ0v) is 16.9. The highest BCUT2D eigenvalue weighted by molar-refractivity contribution is 7.89. The van der Waals surface area contributed by atoms with E-state index in [-0.39, 0.29) is 29.8 Å². The number of sulfonamides is 1. The van der Waals surface area contributed by atoms with E-state index in [9.17, 15) is 13.2 Å². The lowest BCUT2D eigenvalue weighted by Crippen LogP contribution is -2.45. The lowest BCUT2D eigenvalue weighted by molar-refractivity contribution is -0.121. The van der Waals surface area contributed by atoms with Crippen molar-refractivity contribution in [2.75, 3.05) is 26.2 Å². The van der Waals surface area contributed by atoms with E-state index in [0.29, 0.717) is 0 Å². The average Bonchev–Trinajstić information content (AvgIpc) is 2.59. The lowest BCUT2D eigenvalue weighted by atomic mass is 10.0. The Kier molecular flexibility index (Phi) is 7.61. The van der Waals surface area contributed by atoms with Crippen LogP contribution in [0.3, 0.4) is 0 Å². The number of hydrogen-bond donors (Lipinski definition) is 2. The Balaban J connectivity index is 1.75. The lowest BCUT2D eigenvalue weighted by Gasteiger charge is -2.32. The number of likely N-dealkylation sites (tertiary alicyclic amines) is 1. The summed E-state index contributed by atoms with van der Waals surface area (Å²) in [5.74, 6) is -0.0956. The van der Waals surface area contributed by atoms with Crippen molar-refractivity contribution in [3.63, 3.8) is 0 Å². The van der Waals surface area contributed by atoms with E-state index in [1.165, 1.54) is 0 Å². The molecule has 146 valence electrons. The topological polar surface area (TPSA) is 78.5 Å². The Morgan fingerprint density at radius 1 is 1.19 bits per heavy atom. The molecule has 1 saturated heterocycles. The molecule has 0 radical (unpaired) electrons. The summed E-state index contributed by atoms with van der Waals surface area (Å²) in [5, 5.41) is 3.02. The summed E-state index contributed by atoms with van der Waals surface area (Å²) in [5.41, 5.74) is 1.98. The summed E-state index contributed by atoms with van der Waals surface area (Å²) in [6.07, 6.45) is 3.22. The Morgan fingerprint density at radius 3 is 2.50 bits per heavy atom. The van der Waals surface area contributed by atoms with E-state index in [1.54, 1.807) is 18.2 Å². The van der Waals surface area contributed by atoms with Gasteiger partial charge in [-0.25, -0.2) is 13.1 Å². The van der Waals surface area contributed by atoms with E-state index in [1.807, 2.05) is 13.8 Å². The van der Waals surface area contributed by atoms with E-state index >= 15 is 0 Å². The number of piperidine rings is 1. The van der Waals surface area contributed by atoms with Crippen molar-refractivity contribution >= 4 is 15.9 Å². The molecular weight excluding hydrogens is 350 g/mol. The molecule has 0 aliphatic carbocycles. The molecule has 1 aliphatic rings. The number of amides is 1. The number of rotatable bonds is 8. The molecule has 26 heavy (non-hydrogen) atoms. The zero-order chi connectivity index (χ0) is 19.2. The predicted molar refractivity (Wildman–Crippen MR) is 104 cm³/mol. The van der Waals surface area contributed by atoms with E-state index in [4.69, 9.17) is 0 Å². The fraction of sp³-hybridized carbons (Fsp3) is 0.632. The third-order valence-corrected chi connectivity index (χ3v) is 6.38. The van der Waals surface area contributed by atoms with Gasteiger partial charge in [0.2, 0.25) is 15.9 Å². The summed E-state index contributed by atoms with van der Waals surface area (Å²) in [7, 11) is -3.58. The monoisotopic (exact) mass is 381 g/mol. The predicted octanol–water partition coefficient (Wildman–Crippen LogP) is 1.96. The smallest absolute Gasteiger partial charge is 0.240 e. The quantitative estimate of drug-likeness (QED) is 0.722. The Bertz CT molecular complexity index is 711. The van der Waals surface area contributed by atoms with Crippen molar-refractivity contribution < 1.29 is 13.2 Å². The molecule has 1 amide bonds. The first-order chi connectivity index (χ1) is 12.3. The van der Waals surface area contributed by atoms with Crippen LogP contribution in [0, 0.1) is 13.8 Å². The SMILES string of the molecule is CCCN1CCC(NC(=O)CCNS(=O)(=O)c2ccc(C)c(C)c2)CC1. The number of carbonyl (C=O) groups is 1. The van der Waals surface area contributed by atoms with E-state index < -0.39 is 10.0 Å². The summed E-state index contributed by atoms with van der Waals surface area (Å²) in [4.78, 5) is 14.7. The average molecular weight is 382 g/mol. The number of nitrogens with zero attached hydrogens (tertiary/aromatic N) is 1. The second-order valence-electron chi connectivity index (χ2n) is 7.08. The molecule has 0 bridgehead atoms. The molecule has 0 saturated carbocycles. The van der Waals surface area contributed by atoms with Crippen LogP contribution in [0.1, 0.15) is 43.7 Å². The van der Waals surface area contributed by atoms with Gasteiger partial charge in [-0.15, -0.1) is 0 Å². The maximum atomic E-state index is 12.3. The Labute approximate surface area is 157 Å². The van der Waals surface area contributed by atoms with Crippen molar-refractivity contribution in [3.8, 4) is 0 Å². The summed E-state index contributed by atoms with van der Waals surface area (Å²) < 4.78 is 27.2. The van der Waals surface area contributed by atoms with Crippen LogP contribution in [-0.4, -0.2) is 51.4 Å². The third kappa shape index (κ3) is 6.07. The molecule has 2 rings (SSSR count). The van der Waals surface area contributed by atoms with Crippen LogP contribution in [0.4, 0.5) is 0 Å². The van der Waals surface area contributed by atoms with Crippen molar-refractivity contribution in [3.05, 3.63) is 29.3 Å². The number of carbonyl (C=O) groups excluding carboxylic acids is 1. The van der Waals surface area contributed by atoms with Crippen LogP contribution < -0.4 is 10.0 Å². The van der Waals surface area contributed by atoms with Gasteiger partial charge in [-0.1, -0.05) is 13.0 Å². The van der Waals surface area contributed by atoms with Crippen LogP contribution in [0.15, 0.2) is 23.1 Å². The van der Waals surface area contributed by atoms with Gasteiger partial charge in [-0.2, -0.15) is 0 Å². The van der Waals surface area contributed by atoms with Gasteiger partial charge >= 0.3 is 0 Å². The first-order valence-electron chi connectivity index (χ1n) is 9.40. The number of hydrogen-bond acceptors (Lipinski definition) is 4. The van der Waals surface area contributed by atoms with Crippen LogP contribution in [-0.2, 0) is 14.8 Å². The maximum Gasteiger partial charge on any atom is 0.240 e. The minimum atomic E-state index is -3.58. The zero-order valence-electron chi connectivity index (χ0n) is 16.0. The molecule has 1 fully saturated rings. The van der Waals surface area contributed by atoms with Crippen LogP contribution in [0.2, 0.25) is 0 Å². The minimum absolute atomic E-state index is 0.0956. The fourth-order valence-electron chi connectivity index (χ4n) is 3.18. The maximum absolute atomic E-state index is 12.3. The highest BCUT2D eigenvalue weighted by atomic mass is 32.2. The van der Waals surface area contributed by atoms with Crippen molar-refractivity contribution in [2.45, 2.75) is 57.4 Å². The highest BCUT2D eigenvalue weighted by Gasteiger charge is 2.20. The van der Waals surface area contributed by atoms with Gasteiger partial charge in [0.1, 0.15) is 0 Å². The van der Waals surface area contributed by atoms with Gasteiger partial charge in [0, 0.05) is 32.1 Å². The van der Waals surface area contributed by atoms with Crippen molar-refractivity contribution in [2.24, 2.45) is 0 Å². The number of aryl methyl sites for hydroxylation is 2. The molecule has 0 atom stereocenters. The first-order valence-corrected chi connectivity index (χ1v) is 10.9.